The van der Waals surface area contributed by atoms with E-state index in [1.54, 1.807) is 13.3 Å². The molecule has 0 aliphatic heterocycles. The van der Waals surface area contributed by atoms with Crippen LogP contribution in [-0.2, 0) is 0 Å². The van der Waals surface area contributed by atoms with Gasteiger partial charge in [0.1, 0.15) is 10.2 Å². The van der Waals surface area contributed by atoms with Gasteiger partial charge in [0, 0.05) is 18.6 Å². The molecule has 0 unspecified atom stereocenters. The van der Waals surface area contributed by atoms with Gasteiger partial charge in [-0.05, 0) is 22.0 Å². The van der Waals surface area contributed by atoms with Crippen LogP contribution in [0.4, 0.5) is 0 Å². The zero-order chi connectivity index (χ0) is 8.55. The Labute approximate surface area is 78.1 Å². The standard InChI is InChI=1S/C8H7BrN2O/c1-12-6-2-4-11-5-3-10-8(11)7(6)9/h2-5H,1H3. The highest BCUT2D eigenvalue weighted by Crippen LogP contribution is 2.27. The summed E-state index contributed by atoms with van der Waals surface area (Å²) in [5, 5.41) is 0. The fraction of sp³-hybridized carbons (Fsp3) is 0.125. The van der Waals surface area contributed by atoms with E-state index in [0.717, 1.165) is 15.9 Å². The van der Waals surface area contributed by atoms with Crippen LogP contribution in [0.1, 0.15) is 0 Å². The fourth-order valence-corrected chi connectivity index (χ4v) is 1.69. The van der Waals surface area contributed by atoms with Crippen molar-refractivity contribution in [3.8, 4) is 5.75 Å². The van der Waals surface area contributed by atoms with Crippen LogP contribution in [0.15, 0.2) is 29.1 Å². The van der Waals surface area contributed by atoms with Crippen molar-refractivity contribution < 1.29 is 4.74 Å². The molecule has 0 amide bonds. The molecule has 0 atom stereocenters. The van der Waals surface area contributed by atoms with E-state index in [1.165, 1.54) is 0 Å². The van der Waals surface area contributed by atoms with E-state index in [9.17, 15) is 0 Å². The van der Waals surface area contributed by atoms with Gasteiger partial charge in [0.05, 0.1) is 7.11 Å². The molecule has 0 fully saturated rings. The number of rotatable bonds is 1. The predicted molar refractivity (Wildman–Crippen MR) is 49.4 cm³/mol. The zero-order valence-electron chi connectivity index (χ0n) is 6.49. The van der Waals surface area contributed by atoms with Gasteiger partial charge >= 0.3 is 0 Å². The number of hydrogen-bond donors (Lipinski definition) is 0. The summed E-state index contributed by atoms with van der Waals surface area (Å²) in [6.45, 7) is 0. The monoisotopic (exact) mass is 226 g/mol. The molecule has 2 heterocycles. The molecular formula is C8H7BrN2O. The quantitative estimate of drug-likeness (QED) is 0.745. The lowest BCUT2D eigenvalue weighted by Crippen LogP contribution is -1.89. The minimum absolute atomic E-state index is 0.800. The molecule has 2 rings (SSSR count). The topological polar surface area (TPSA) is 26.5 Å². The van der Waals surface area contributed by atoms with Gasteiger partial charge in [0.25, 0.3) is 0 Å². The van der Waals surface area contributed by atoms with Crippen LogP contribution in [0, 0.1) is 0 Å². The molecule has 0 saturated carbocycles. The van der Waals surface area contributed by atoms with E-state index in [-0.39, 0.29) is 0 Å². The van der Waals surface area contributed by atoms with Crippen LogP contribution in [0.3, 0.4) is 0 Å². The molecule has 0 saturated heterocycles. The van der Waals surface area contributed by atoms with E-state index >= 15 is 0 Å². The number of pyridine rings is 1. The van der Waals surface area contributed by atoms with E-state index in [2.05, 4.69) is 20.9 Å². The first-order chi connectivity index (χ1) is 5.83. The fourth-order valence-electron chi connectivity index (χ4n) is 1.09. The molecule has 2 aromatic heterocycles. The maximum Gasteiger partial charge on any atom is 0.154 e. The molecule has 0 N–H and O–H groups in total. The minimum atomic E-state index is 0.800. The Kier molecular flexibility index (Phi) is 1.77. The Hall–Kier alpha value is -1.03. The Morgan fingerprint density at radius 1 is 1.50 bits per heavy atom. The summed E-state index contributed by atoms with van der Waals surface area (Å²) in [7, 11) is 1.64. The molecular weight excluding hydrogens is 220 g/mol. The van der Waals surface area contributed by atoms with Crippen molar-refractivity contribution in [1.29, 1.82) is 0 Å². The van der Waals surface area contributed by atoms with Crippen molar-refractivity contribution in [2.24, 2.45) is 0 Å². The van der Waals surface area contributed by atoms with Crippen molar-refractivity contribution in [3.63, 3.8) is 0 Å². The van der Waals surface area contributed by atoms with Gasteiger partial charge in [0.15, 0.2) is 5.65 Å². The summed E-state index contributed by atoms with van der Waals surface area (Å²) in [5.74, 6) is 0.800. The Morgan fingerprint density at radius 2 is 2.33 bits per heavy atom. The van der Waals surface area contributed by atoms with Crippen LogP contribution in [0.25, 0.3) is 5.65 Å². The molecule has 62 valence electrons. The zero-order valence-corrected chi connectivity index (χ0v) is 8.08. The largest absolute Gasteiger partial charge is 0.495 e. The van der Waals surface area contributed by atoms with Gasteiger partial charge in [-0.1, -0.05) is 0 Å². The molecule has 2 aromatic rings. The lowest BCUT2D eigenvalue weighted by Gasteiger charge is -2.03. The average molecular weight is 227 g/mol. The Morgan fingerprint density at radius 3 is 3.08 bits per heavy atom. The van der Waals surface area contributed by atoms with E-state index in [4.69, 9.17) is 4.74 Å². The van der Waals surface area contributed by atoms with Crippen molar-refractivity contribution in [2.75, 3.05) is 7.11 Å². The molecule has 0 radical (unpaired) electrons. The van der Waals surface area contributed by atoms with Crippen molar-refractivity contribution in [2.45, 2.75) is 0 Å². The van der Waals surface area contributed by atoms with Crippen LogP contribution in [-0.4, -0.2) is 16.5 Å². The van der Waals surface area contributed by atoms with Gasteiger partial charge in [-0.15, -0.1) is 0 Å². The van der Waals surface area contributed by atoms with E-state index in [0.29, 0.717) is 0 Å². The van der Waals surface area contributed by atoms with Gasteiger partial charge in [-0.2, -0.15) is 0 Å². The number of halogens is 1. The summed E-state index contributed by atoms with van der Waals surface area (Å²) in [6.07, 6.45) is 5.55. The lowest BCUT2D eigenvalue weighted by molar-refractivity contribution is 0.412. The first-order valence-corrected chi connectivity index (χ1v) is 4.27. The third-order valence-electron chi connectivity index (χ3n) is 1.69. The van der Waals surface area contributed by atoms with Crippen molar-refractivity contribution in [3.05, 3.63) is 29.1 Å². The second-order valence-corrected chi connectivity index (χ2v) is 3.15. The molecule has 0 spiro atoms. The van der Waals surface area contributed by atoms with E-state index in [1.807, 2.05) is 22.9 Å². The van der Waals surface area contributed by atoms with Crippen molar-refractivity contribution >= 4 is 21.6 Å². The van der Waals surface area contributed by atoms with Gasteiger partial charge in [-0.25, -0.2) is 4.98 Å². The van der Waals surface area contributed by atoms with E-state index < -0.39 is 0 Å². The Balaban J connectivity index is 2.78. The summed E-state index contributed by atoms with van der Waals surface area (Å²) in [5.41, 5.74) is 0.870. The maximum atomic E-state index is 5.12. The number of aromatic nitrogens is 2. The highest BCUT2D eigenvalue weighted by atomic mass is 79.9. The number of methoxy groups -OCH3 is 1. The third-order valence-corrected chi connectivity index (χ3v) is 2.43. The average Bonchev–Trinajstić information content (AvgIpc) is 2.53. The molecule has 0 bridgehead atoms. The summed E-state index contributed by atoms with van der Waals surface area (Å²) in [6, 6.07) is 1.89. The number of imidazole rings is 1. The molecule has 0 aliphatic rings. The van der Waals surface area contributed by atoms with Crippen molar-refractivity contribution in [1.82, 2.24) is 9.38 Å². The lowest BCUT2D eigenvalue weighted by atomic mass is 10.4. The minimum Gasteiger partial charge on any atom is -0.495 e. The van der Waals surface area contributed by atoms with Crippen LogP contribution < -0.4 is 4.74 Å². The second kappa shape index (κ2) is 2.79. The first-order valence-electron chi connectivity index (χ1n) is 3.48. The predicted octanol–water partition coefficient (Wildman–Crippen LogP) is 2.11. The molecule has 3 nitrogen and oxygen atoms in total. The number of hydrogen-bond acceptors (Lipinski definition) is 2. The highest BCUT2D eigenvalue weighted by molar-refractivity contribution is 9.10. The van der Waals surface area contributed by atoms with Gasteiger partial charge in [-0.3, -0.25) is 0 Å². The second-order valence-electron chi connectivity index (χ2n) is 2.36. The van der Waals surface area contributed by atoms with Crippen LogP contribution in [0.5, 0.6) is 5.75 Å². The SMILES string of the molecule is COc1ccn2ccnc2c1Br. The summed E-state index contributed by atoms with van der Waals surface area (Å²) < 4.78 is 7.93. The van der Waals surface area contributed by atoms with Crippen LogP contribution >= 0.6 is 15.9 Å². The van der Waals surface area contributed by atoms with Crippen LogP contribution in [0.2, 0.25) is 0 Å². The molecule has 0 aromatic carbocycles. The summed E-state index contributed by atoms with van der Waals surface area (Å²) in [4.78, 5) is 4.16. The molecule has 0 aliphatic carbocycles. The number of fused-ring (bicyclic) bond motifs is 1. The molecule has 4 heteroatoms. The van der Waals surface area contributed by atoms with Gasteiger partial charge < -0.3 is 9.14 Å². The third kappa shape index (κ3) is 0.992. The number of ether oxygens (including phenoxy) is 1. The summed E-state index contributed by atoms with van der Waals surface area (Å²) >= 11 is 3.41. The first kappa shape index (κ1) is 7.61. The molecule has 12 heavy (non-hydrogen) atoms. The smallest absolute Gasteiger partial charge is 0.154 e. The highest BCUT2D eigenvalue weighted by Gasteiger charge is 2.04. The Bertz CT molecular complexity index is 410. The normalized spacial score (nSPS) is 10.5. The van der Waals surface area contributed by atoms with Gasteiger partial charge in [0.2, 0.25) is 0 Å². The number of nitrogens with zero attached hydrogens (tertiary/aromatic N) is 2. The maximum absolute atomic E-state index is 5.12.